The van der Waals surface area contributed by atoms with Crippen molar-refractivity contribution in [2.45, 2.75) is 31.0 Å². The molecule has 0 heterocycles. The number of alkyl halides is 1. The molecule has 0 aliphatic heterocycles. The van der Waals surface area contributed by atoms with Crippen molar-refractivity contribution in [1.82, 2.24) is 0 Å². The van der Waals surface area contributed by atoms with Crippen molar-refractivity contribution in [1.29, 1.82) is 0 Å². The van der Waals surface area contributed by atoms with Crippen LogP contribution in [0.25, 0.3) is 0 Å². The van der Waals surface area contributed by atoms with Gasteiger partial charge < -0.3 is 5.11 Å². The number of benzene rings is 1. The first-order valence-electron chi connectivity index (χ1n) is 5.59. The lowest BCUT2D eigenvalue weighted by atomic mass is 9.91. The molecule has 3 atom stereocenters. The second-order valence-electron chi connectivity index (χ2n) is 4.58. The normalized spacial score (nSPS) is 30.7. The number of hydrogen-bond donors (Lipinski definition) is 1. The van der Waals surface area contributed by atoms with Gasteiger partial charge in [0.2, 0.25) is 0 Å². The fourth-order valence-electron chi connectivity index (χ4n) is 2.42. The monoisotopic (exact) mass is 268 g/mol. The highest BCUT2D eigenvalue weighted by molar-refractivity contribution is 9.09. The number of halogens is 1. The number of phenols is 1. The molecule has 1 aliphatic rings. The van der Waals surface area contributed by atoms with Crippen LogP contribution in [0.15, 0.2) is 24.3 Å². The van der Waals surface area contributed by atoms with E-state index in [2.05, 4.69) is 22.9 Å². The Bertz CT molecular complexity index is 320. The van der Waals surface area contributed by atoms with Crippen molar-refractivity contribution < 1.29 is 5.11 Å². The predicted octanol–water partition coefficient (Wildman–Crippen LogP) is 3.74. The van der Waals surface area contributed by atoms with Gasteiger partial charge in [-0.1, -0.05) is 35.0 Å². The molecule has 15 heavy (non-hydrogen) atoms. The highest BCUT2D eigenvalue weighted by Crippen LogP contribution is 2.38. The summed E-state index contributed by atoms with van der Waals surface area (Å²) >= 11 is 3.73. The number of hydrogen-bond acceptors (Lipinski definition) is 1. The Kier molecular flexibility index (Phi) is 3.35. The van der Waals surface area contributed by atoms with Crippen LogP contribution in [0.3, 0.4) is 0 Å². The van der Waals surface area contributed by atoms with Crippen LogP contribution in [0, 0.1) is 11.8 Å². The number of phenolic OH excluding ortho intramolecular Hbond substituents is 1. The number of rotatable bonds is 2. The molecule has 1 fully saturated rings. The summed E-state index contributed by atoms with van der Waals surface area (Å²) in [5.41, 5.74) is 1.34. The summed E-state index contributed by atoms with van der Waals surface area (Å²) < 4.78 is 0. The van der Waals surface area contributed by atoms with E-state index in [1.165, 1.54) is 18.4 Å². The zero-order valence-electron chi connectivity index (χ0n) is 8.99. The maximum atomic E-state index is 9.20. The van der Waals surface area contributed by atoms with Gasteiger partial charge in [-0.15, -0.1) is 0 Å². The van der Waals surface area contributed by atoms with Crippen LogP contribution in [-0.4, -0.2) is 9.93 Å². The molecule has 1 aromatic carbocycles. The maximum absolute atomic E-state index is 9.20. The summed E-state index contributed by atoms with van der Waals surface area (Å²) in [6.07, 6.45) is 3.76. The minimum atomic E-state index is 0.358. The highest BCUT2D eigenvalue weighted by Gasteiger charge is 2.30. The Hall–Kier alpha value is -0.500. The van der Waals surface area contributed by atoms with Gasteiger partial charge in [-0.25, -0.2) is 0 Å². The van der Waals surface area contributed by atoms with Crippen LogP contribution in [0.4, 0.5) is 0 Å². The van der Waals surface area contributed by atoms with Gasteiger partial charge in [0.25, 0.3) is 0 Å². The van der Waals surface area contributed by atoms with Crippen LogP contribution in [0.5, 0.6) is 5.75 Å². The van der Waals surface area contributed by atoms with Gasteiger partial charge in [-0.2, -0.15) is 0 Å². The molecule has 1 N–H and O–H groups in total. The fraction of sp³-hybridized carbons (Fsp3) is 0.538. The minimum absolute atomic E-state index is 0.358. The fourth-order valence-corrected chi connectivity index (χ4v) is 3.11. The van der Waals surface area contributed by atoms with Crippen molar-refractivity contribution in [3.63, 3.8) is 0 Å². The molecule has 0 amide bonds. The van der Waals surface area contributed by atoms with E-state index in [9.17, 15) is 5.11 Å². The average molecular weight is 269 g/mol. The molecule has 1 aromatic rings. The van der Waals surface area contributed by atoms with Crippen LogP contribution in [0.2, 0.25) is 0 Å². The van der Waals surface area contributed by atoms with E-state index in [0.717, 1.165) is 18.3 Å². The summed E-state index contributed by atoms with van der Waals surface area (Å²) in [5.74, 6) is 1.91. The van der Waals surface area contributed by atoms with Crippen LogP contribution < -0.4 is 0 Å². The molecule has 3 unspecified atom stereocenters. The molecule has 0 radical (unpaired) electrons. The topological polar surface area (TPSA) is 20.2 Å². The second kappa shape index (κ2) is 4.56. The second-order valence-corrected chi connectivity index (χ2v) is 5.76. The Morgan fingerprint density at radius 3 is 2.47 bits per heavy atom. The van der Waals surface area contributed by atoms with Crippen LogP contribution in [0.1, 0.15) is 25.3 Å². The van der Waals surface area contributed by atoms with Crippen molar-refractivity contribution in [2.24, 2.45) is 11.8 Å². The zero-order valence-corrected chi connectivity index (χ0v) is 10.6. The van der Waals surface area contributed by atoms with Crippen molar-refractivity contribution >= 4 is 15.9 Å². The molecule has 1 nitrogen and oxygen atoms in total. The van der Waals surface area contributed by atoms with E-state index in [1.807, 2.05) is 12.1 Å². The Balaban J connectivity index is 2.00. The van der Waals surface area contributed by atoms with Gasteiger partial charge in [-0.05, 0) is 48.8 Å². The maximum Gasteiger partial charge on any atom is 0.115 e. The summed E-state index contributed by atoms with van der Waals surface area (Å²) in [5, 5.41) is 9.20. The van der Waals surface area contributed by atoms with Gasteiger partial charge in [-0.3, -0.25) is 0 Å². The summed E-state index contributed by atoms with van der Waals surface area (Å²) in [4.78, 5) is 0.694. The van der Waals surface area contributed by atoms with Gasteiger partial charge in [0.15, 0.2) is 0 Å². The quantitative estimate of drug-likeness (QED) is 0.811. The summed E-state index contributed by atoms with van der Waals surface area (Å²) in [7, 11) is 0. The SMILES string of the molecule is CC1C(Br)CCC1Cc1ccc(O)cc1. The van der Waals surface area contributed by atoms with Gasteiger partial charge in [0, 0.05) is 4.83 Å². The van der Waals surface area contributed by atoms with E-state index in [1.54, 1.807) is 12.1 Å². The van der Waals surface area contributed by atoms with Crippen molar-refractivity contribution in [3.8, 4) is 5.75 Å². The third-order valence-corrected chi connectivity index (χ3v) is 4.85. The third-order valence-electron chi connectivity index (χ3n) is 3.56. The van der Waals surface area contributed by atoms with E-state index >= 15 is 0 Å². The first-order chi connectivity index (χ1) is 7.16. The Labute approximate surface area is 99.6 Å². The first kappa shape index (κ1) is 11.0. The average Bonchev–Trinajstić information content (AvgIpc) is 2.53. The predicted molar refractivity (Wildman–Crippen MR) is 66.4 cm³/mol. The molecule has 2 heteroatoms. The van der Waals surface area contributed by atoms with Crippen LogP contribution >= 0.6 is 15.9 Å². The summed E-state index contributed by atoms with van der Waals surface area (Å²) in [6.45, 7) is 2.33. The Morgan fingerprint density at radius 1 is 1.27 bits per heavy atom. The van der Waals surface area contributed by atoms with Crippen molar-refractivity contribution in [3.05, 3.63) is 29.8 Å². The zero-order chi connectivity index (χ0) is 10.8. The number of aromatic hydroxyl groups is 1. The lowest BCUT2D eigenvalue weighted by molar-refractivity contribution is 0.423. The van der Waals surface area contributed by atoms with E-state index < -0.39 is 0 Å². The van der Waals surface area contributed by atoms with E-state index in [-0.39, 0.29) is 0 Å². The molecule has 0 spiro atoms. The molecule has 82 valence electrons. The molecule has 1 aliphatic carbocycles. The Morgan fingerprint density at radius 2 is 1.93 bits per heavy atom. The standard InChI is InChI=1S/C13H17BrO/c1-9-11(4-7-13(9)14)8-10-2-5-12(15)6-3-10/h2-3,5-6,9,11,13,15H,4,7-8H2,1H3. The van der Waals surface area contributed by atoms with E-state index in [4.69, 9.17) is 0 Å². The van der Waals surface area contributed by atoms with Crippen molar-refractivity contribution in [2.75, 3.05) is 0 Å². The first-order valence-corrected chi connectivity index (χ1v) is 6.50. The molecule has 0 bridgehead atoms. The van der Waals surface area contributed by atoms with Crippen LogP contribution in [-0.2, 0) is 6.42 Å². The molecular weight excluding hydrogens is 252 g/mol. The smallest absolute Gasteiger partial charge is 0.115 e. The third kappa shape index (κ3) is 2.54. The molecule has 1 saturated carbocycles. The van der Waals surface area contributed by atoms with E-state index in [0.29, 0.717) is 10.6 Å². The van der Waals surface area contributed by atoms with Gasteiger partial charge in [0.05, 0.1) is 0 Å². The van der Waals surface area contributed by atoms with Gasteiger partial charge >= 0.3 is 0 Å². The minimum Gasteiger partial charge on any atom is -0.508 e. The van der Waals surface area contributed by atoms with Gasteiger partial charge in [0.1, 0.15) is 5.75 Å². The molecular formula is C13H17BrO. The molecule has 0 saturated heterocycles. The highest BCUT2D eigenvalue weighted by atomic mass is 79.9. The molecule has 2 rings (SSSR count). The molecule has 0 aromatic heterocycles. The largest absolute Gasteiger partial charge is 0.508 e. The lowest BCUT2D eigenvalue weighted by Gasteiger charge is -2.17. The lowest BCUT2D eigenvalue weighted by Crippen LogP contribution is -2.12. The summed E-state index contributed by atoms with van der Waals surface area (Å²) in [6, 6.07) is 7.62.